The summed E-state index contributed by atoms with van der Waals surface area (Å²) >= 11 is 0. The van der Waals surface area contributed by atoms with Crippen molar-refractivity contribution in [3.05, 3.63) is 22.6 Å². The third-order valence-corrected chi connectivity index (χ3v) is 3.30. The number of anilines is 1. The Morgan fingerprint density at radius 3 is 2.74 bits per heavy atom. The molecular formula is C12H18N4O3. The van der Waals surface area contributed by atoms with E-state index in [1.54, 1.807) is 13.3 Å². The first-order chi connectivity index (χ1) is 9.10. The summed E-state index contributed by atoms with van der Waals surface area (Å²) in [5, 5.41) is 3.96. The van der Waals surface area contributed by atoms with Crippen LogP contribution in [0.15, 0.2) is 17.1 Å². The molecule has 1 fully saturated rings. The molecule has 0 saturated carbocycles. The lowest BCUT2D eigenvalue weighted by molar-refractivity contribution is -0.118. The molecule has 104 valence electrons. The minimum atomic E-state index is -0.580. The van der Waals surface area contributed by atoms with Crippen LogP contribution in [-0.2, 0) is 16.1 Å². The molecule has 1 aromatic heterocycles. The molecule has 7 heteroatoms. The van der Waals surface area contributed by atoms with Gasteiger partial charge in [0, 0.05) is 26.3 Å². The van der Waals surface area contributed by atoms with Crippen molar-refractivity contribution >= 4 is 11.6 Å². The van der Waals surface area contributed by atoms with Crippen molar-refractivity contribution in [2.24, 2.45) is 5.73 Å². The van der Waals surface area contributed by atoms with E-state index in [2.05, 4.69) is 10.00 Å². The van der Waals surface area contributed by atoms with E-state index in [1.165, 1.54) is 6.07 Å². The van der Waals surface area contributed by atoms with E-state index < -0.39 is 5.91 Å². The van der Waals surface area contributed by atoms with Gasteiger partial charge in [0.25, 0.3) is 5.56 Å². The van der Waals surface area contributed by atoms with Crippen LogP contribution in [0.25, 0.3) is 0 Å². The highest BCUT2D eigenvalue weighted by Gasteiger charge is 2.19. The molecule has 0 bridgehead atoms. The third kappa shape index (κ3) is 3.31. The number of piperidine rings is 1. The zero-order valence-corrected chi connectivity index (χ0v) is 10.9. The second kappa shape index (κ2) is 5.83. The first-order valence-corrected chi connectivity index (χ1v) is 6.23. The van der Waals surface area contributed by atoms with Gasteiger partial charge in [0.2, 0.25) is 5.91 Å². The highest BCUT2D eigenvalue weighted by Crippen LogP contribution is 2.18. The minimum Gasteiger partial charge on any atom is -0.381 e. The number of primary amides is 1. The van der Waals surface area contributed by atoms with Gasteiger partial charge in [-0.05, 0) is 12.8 Å². The molecule has 1 amide bonds. The maximum atomic E-state index is 11.8. The Morgan fingerprint density at radius 2 is 2.21 bits per heavy atom. The summed E-state index contributed by atoms with van der Waals surface area (Å²) < 4.78 is 6.37. The predicted octanol–water partition coefficient (Wildman–Crippen LogP) is -0.656. The Bertz CT molecular complexity index is 506. The molecule has 2 rings (SSSR count). The molecule has 2 N–H and O–H groups in total. The number of nitrogens with two attached hydrogens (primary N) is 1. The highest BCUT2D eigenvalue weighted by molar-refractivity contribution is 5.73. The Balaban J connectivity index is 2.08. The molecule has 0 aliphatic carbocycles. The molecule has 19 heavy (non-hydrogen) atoms. The van der Waals surface area contributed by atoms with Crippen LogP contribution in [0.4, 0.5) is 5.69 Å². The van der Waals surface area contributed by atoms with Crippen LogP contribution in [0.3, 0.4) is 0 Å². The maximum Gasteiger partial charge on any atom is 0.269 e. The van der Waals surface area contributed by atoms with Crippen LogP contribution < -0.4 is 16.2 Å². The predicted molar refractivity (Wildman–Crippen MR) is 69.9 cm³/mol. The Morgan fingerprint density at radius 1 is 1.53 bits per heavy atom. The van der Waals surface area contributed by atoms with Crippen LogP contribution in [0.5, 0.6) is 0 Å². The second-order valence-electron chi connectivity index (χ2n) is 4.60. The molecule has 0 radical (unpaired) electrons. The summed E-state index contributed by atoms with van der Waals surface area (Å²) in [6, 6.07) is 1.49. The van der Waals surface area contributed by atoms with Crippen molar-refractivity contribution < 1.29 is 9.53 Å². The summed E-state index contributed by atoms with van der Waals surface area (Å²) in [6.45, 7) is 1.48. The van der Waals surface area contributed by atoms with Crippen LogP contribution in [0, 0.1) is 0 Å². The fourth-order valence-electron chi connectivity index (χ4n) is 2.21. The van der Waals surface area contributed by atoms with Crippen molar-refractivity contribution in [2.75, 3.05) is 25.1 Å². The van der Waals surface area contributed by atoms with Crippen LogP contribution in [0.1, 0.15) is 12.8 Å². The number of methoxy groups -OCH3 is 1. The normalized spacial score (nSPS) is 16.6. The topological polar surface area (TPSA) is 90.4 Å². The lowest BCUT2D eigenvalue weighted by atomic mass is 10.1. The Hall–Kier alpha value is -1.89. The van der Waals surface area contributed by atoms with Crippen molar-refractivity contribution in [3.8, 4) is 0 Å². The number of carbonyl (C=O) groups is 1. The maximum absolute atomic E-state index is 11.8. The van der Waals surface area contributed by atoms with Gasteiger partial charge in [-0.3, -0.25) is 9.59 Å². The highest BCUT2D eigenvalue weighted by atomic mass is 16.5. The van der Waals surface area contributed by atoms with Gasteiger partial charge in [0.15, 0.2) is 0 Å². The van der Waals surface area contributed by atoms with Gasteiger partial charge in [-0.15, -0.1) is 0 Å². The van der Waals surface area contributed by atoms with E-state index in [9.17, 15) is 9.59 Å². The van der Waals surface area contributed by atoms with E-state index in [1.807, 2.05) is 0 Å². The SMILES string of the molecule is COC1CCN(c2cnn(CC(N)=O)c(=O)c2)CC1. The third-order valence-electron chi connectivity index (χ3n) is 3.30. The molecule has 0 unspecified atom stereocenters. The summed E-state index contributed by atoms with van der Waals surface area (Å²) in [5.41, 5.74) is 5.51. The standard InChI is InChI=1S/C12H18N4O3/c1-19-10-2-4-15(5-3-10)9-6-12(18)16(14-7-9)8-11(13)17/h6-7,10H,2-5,8H2,1H3,(H2,13,17). The summed E-state index contributed by atoms with van der Waals surface area (Å²) in [6.07, 6.45) is 3.75. The number of carbonyl (C=O) groups excluding carboxylic acids is 1. The lowest BCUT2D eigenvalue weighted by Gasteiger charge is -2.32. The van der Waals surface area contributed by atoms with Gasteiger partial charge in [0.1, 0.15) is 6.54 Å². The molecule has 0 spiro atoms. The van der Waals surface area contributed by atoms with Gasteiger partial charge in [-0.2, -0.15) is 5.10 Å². The summed E-state index contributed by atoms with van der Waals surface area (Å²) in [7, 11) is 1.72. The fourth-order valence-corrected chi connectivity index (χ4v) is 2.21. The zero-order chi connectivity index (χ0) is 13.8. The van der Waals surface area contributed by atoms with E-state index in [0.717, 1.165) is 36.3 Å². The quantitative estimate of drug-likeness (QED) is 0.781. The lowest BCUT2D eigenvalue weighted by Crippen LogP contribution is -2.38. The molecule has 1 aliphatic rings. The van der Waals surface area contributed by atoms with E-state index in [-0.39, 0.29) is 12.1 Å². The minimum absolute atomic E-state index is 0.190. The number of ether oxygens (including phenoxy) is 1. The molecule has 1 saturated heterocycles. The molecule has 1 aliphatic heterocycles. The molecule has 1 aromatic rings. The first-order valence-electron chi connectivity index (χ1n) is 6.23. The second-order valence-corrected chi connectivity index (χ2v) is 4.60. The van der Waals surface area contributed by atoms with Gasteiger partial charge < -0.3 is 15.4 Å². The van der Waals surface area contributed by atoms with Crippen molar-refractivity contribution in [1.82, 2.24) is 9.78 Å². The average Bonchev–Trinajstić information content (AvgIpc) is 2.41. The number of hydrogen-bond acceptors (Lipinski definition) is 5. The van der Waals surface area contributed by atoms with Crippen LogP contribution in [0.2, 0.25) is 0 Å². The van der Waals surface area contributed by atoms with Crippen LogP contribution in [-0.4, -0.2) is 42.0 Å². The van der Waals surface area contributed by atoms with Crippen LogP contribution >= 0.6 is 0 Å². The summed E-state index contributed by atoms with van der Waals surface area (Å²) in [4.78, 5) is 24.7. The summed E-state index contributed by atoms with van der Waals surface area (Å²) in [5.74, 6) is -0.580. The first kappa shape index (κ1) is 13.5. The number of aromatic nitrogens is 2. The van der Waals surface area contributed by atoms with Crippen molar-refractivity contribution in [3.63, 3.8) is 0 Å². The Labute approximate surface area is 110 Å². The van der Waals surface area contributed by atoms with Gasteiger partial charge in [-0.1, -0.05) is 0 Å². The average molecular weight is 266 g/mol. The molecule has 0 atom stereocenters. The molecule has 2 heterocycles. The molecule has 0 aromatic carbocycles. The fraction of sp³-hybridized carbons (Fsp3) is 0.583. The van der Waals surface area contributed by atoms with Crippen molar-refractivity contribution in [2.45, 2.75) is 25.5 Å². The van der Waals surface area contributed by atoms with Gasteiger partial charge in [0.05, 0.1) is 18.0 Å². The zero-order valence-electron chi connectivity index (χ0n) is 10.9. The number of nitrogens with zero attached hydrogens (tertiary/aromatic N) is 3. The number of rotatable bonds is 4. The van der Waals surface area contributed by atoms with E-state index >= 15 is 0 Å². The monoisotopic (exact) mass is 266 g/mol. The number of amides is 1. The van der Waals surface area contributed by atoms with Crippen molar-refractivity contribution in [1.29, 1.82) is 0 Å². The molecule has 7 nitrogen and oxygen atoms in total. The van der Waals surface area contributed by atoms with E-state index in [4.69, 9.17) is 10.5 Å². The van der Waals surface area contributed by atoms with Gasteiger partial charge in [-0.25, -0.2) is 4.68 Å². The van der Waals surface area contributed by atoms with Gasteiger partial charge >= 0.3 is 0 Å². The number of hydrogen-bond donors (Lipinski definition) is 1. The van der Waals surface area contributed by atoms with E-state index in [0.29, 0.717) is 6.10 Å². The smallest absolute Gasteiger partial charge is 0.269 e. The molecular weight excluding hydrogens is 248 g/mol. The largest absolute Gasteiger partial charge is 0.381 e. The Kier molecular flexibility index (Phi) is 4.16.